The average molecular weight is 518 g/mol. The minimum Gasteiger partial charge on any atom is -0.459 e. The SMILES string of the molecule is CCC(CC)CC(=O)[C@H]1[C@H](CO[Si](C)(C)C(C)(C)C)C[C@H](C(=O)OC(C)(C)C)N1Cc1ccccc1. The zero-order valence-electron chi connectivity index (χ0n) is 24.5. The van der Waals surface area contributed by atoms with Gasteiger partial charge in [0.1, 0.15) is 11.6 Å². The summed E-state index contributed by atoms with van der Waals surface area (Å²) >= 11 is 0. The summed E-state index contributed by atoms with van der Waals surface area (Å²) in [5, 5.41) is 0.0783. The van der Waals surface area contributed by atoms with Crippen molar-refractivity contribution in [1.29, 1.82) is 0 Å². The Morgan fingerprint density at radius 1 is 1.03 bits per heavy atom. The predicted molar refractivity (Wildman–Crippen MR) is 150 cm³/mol. The van der Waals surface area contributed by atoms with Gasteiger partial charge < -0.3 is 9.16 Å². The van der Waals surface area contributed by atoms with Crippen LogP contribution in [0.2, 0.25) is 18.1 Å². The summed E-state index contributed by atoms with van der Waals surface area (Å²) in [6, 6.07) is 9.31. The first kappa shape index (κ1) is 30.7. The van der Waals surface area contributed by atoms with Gasteiger partial charge >= 0.3 is 5.97 Å². The van der Waals surface area contributed by atoms with Gasteiger partial charge in [0.2, 0.25) is 0 Å². The van der Waals surface area contributed by atoms with Gasteiger partial charge in [-0.1, -0.05) is 77.8 Å². The number of carbonyl (C=O) groups is 2. The molecule has 0 amide bonds. The number of esters is 1. The Labute approximate surface area is 221 Å². The number of hydrogen-bond acceptors (Lipinski definition) is 5. The molecule has 0 radical (unpaired) electrons. The van der Waals surface area contributed by atoms with E-state index in [0.29, 0.717) is 31.9 Å². The van der Waals surface area contributed by atoms with Crippen LogP contribution in [0.5, 0.6) is 0 Å². The third kappa shape index (κ3) is 8.25. The maximum atomic E-state index is 13.9. The fourth-order valence-electron chi connectivity index (χ4n) is 4.74. The van der Waals surface area contributed by atoms with E-state index in [4.69, 9.17) is 9.16 Å². The van der Waals surface area contributed by atoms with Crippen molar-refractivity contribution in [3.8, 4) is 0 Å². The number of Topliss-reactive ketones (excluding diaryl/α,β-unsaturated/α-hetero) is 1. The van der Waals surface area contributed by atoms with Crippen molar-refractivity contribution in [3.05, 3.63) is 35.9 Å². The number of ketones is 1. The first-order valence-corrected chi connectivity index (χ1v) is 16.7. The summed E-state index contributed by atoms with van der Waals surface area (Å²) in [6.45, 7) is 22.2. The molecule has 0 N–H and O–H groups in total. The molecule has 1 aliphatic heterocycles. The Balaban J connectivity index is 2.45. The second kappa shape index (κ2) is 12.4. The maximum Gasteiger partial charge on any atom is 0.323 e. The molecule has 5 nitrogen and oxygen atoms in total. The highest BCUT2D eigenvalue weighted by molar-refractivity contribution is 6.74. The van der Waals surface area contributed by atoms with E-state index in [1.54, 1.807) is 0 Å². The number of ether oxygens (including phenoxy) is 1. The molecule has 36 heavy (non-hydrogen) atoms. The Hall–Kier alpha value is -1.50. The quantitative estimate of drug-likeness (QED) is 0.233. The number of benzene rings is 1. The third-order valence-corrected chi connectivity index (χ3v) is 12.6. The van der Waals surface area contributed by atoms with Crippen molar-refractivity contribution < 1.29 is 18.8 Å². The highest BCUT2D eigenvalue weighted by atomic mass is 28.4. The summed E-state index contributed by atoms with van der Waals surface area (Å²) in [4.78, 5) is 29.5. The second-order valence-corrected chi connectivity index (χ2v) is 17.9. The highest BCUT2D eigenvalue weighted by Gasteiger charge is 2.50. The van der Waals surface area contributed by atoms with Crippen molar-refractivity contribution >= 4 is 20.1 Å². The van der Waals surface area contributed by atoms with Gasteiger partial charge in [0, 0.05) is 25.5 Å². The summed E-state index contributed by atoms with van der Waals surface area (Å²) in [6.07, 6.45) is 3.08. The maximum absolute atomic E-state index is 13.9. The van der Waals surface area contributed by atoms with Gasteiger partial charge in [-0.05, 0) is 56.8 Å². The van der Waals surface area contributed by atoms with Crippen LogP contribution < -0.4 is 0 Å². The Morgan fingerprint density at radius 3 is 2.11 bits per heavy atom. The lowest BCUT2D eigenvalue weighted by Gasteiger charge is -2.38. The minimum absolute atomic E-state index is 0.0396. The number of carbonyl (C=O) groups excluding carboxylic acids is 2. The molecule has 1 aliphatic rings. The molecule has 0 saturated carbocycles. The standard InChI is InChI=1S/C30H51NO4Si/c1-11-22(12-2)18-26(32)27-24(21-34-36(9,10)30(6,7)8)19-25(28(33)35-29(3,4)5)31(27)20-23-16-14-13-15-17-23/h13-17,22,24-25,27H,11-12,18-21H2,1-10H3/t24-,25+,27+/m0/s1. The highest BCUT2D eigenvalue weighted by Crippen LogP contribution is 2.40. The van der Waals surface area contributed by atoms with E-state index < -0.39 is 20.0 Å². The molecule has 2 rings (SSSR count). The molecule has 1 heterocycles. The number of hydrogen-bond donors (Lipinski definition) is 0. The third-order valence-electron chi connectivity index (χ3n) is 8.06. The lowest BCUT2D eigenvalue weighted by Crippen LogP contribution is -2.48. The molecule has 3 atom stereocenters. The van der Waals surface area contributed by atoms with E-state index in [1.807, 2.05) is 39.0 Å². The van der Waals surface area contributed by atoms with E-state index in [-0.39, 0.29) is 28.8 Å². The van der Waals surface area contributed by atoms with Crippen molar-refractivity contribution in [1.82, 2.24) is 4.90 Å². The molecule has 6 heteroatoms. The Kier molecular flexibility index (Phi) is 10.5. The van der Waals surface area contributed by atoms with Crippen LogP contribution in [-0.2, 0) is 25.3 Å². The molecular weight excluding hydrogens is 466 g/mol. The van der Waals surface area contributed by atoms with Gasteiger partial charge in [-0.2, -0.15) is 0 Å². The molecule has 0 bridgehead atoms. The molecule has 1 saturated heterocycles. The van der Waals surface area contributed by atoms with E-state index in [0.717, 1.165) is 18.4 Å². The van der Waals surface area contributed by atoms with Crippen molar-refractivity contribution in [2.45, 2.75) is 123 Å². The smallest absolute Gasteiger partial charge is 0.323 e. The summed E-state index contributed by atoms with van der Waals surface area (Å²) in [5.41, 5.74) is 0.512. The van der Waals surface area contributed by atoms with Crippen LogP contribution in [0.4, 0.5) is 0 Å². The van der Waals surface area contributed by atoms with Gasteiger partial charge in [0.05, 0.1) is 6.04 Å². The average Bonchev–Trinajstić information content (AvgIpc) is 3.13. The van der Waals surface area contributed by atoms with Gasteiger partial charge in [-0.25, -0.2) is 0 Å². The number of rotatable bonds is 11. The van der Waals surface area contributed by atoms with Crippen LogP contribution in [0.25, 0.3) is 0 Å². The normalized spacial score (nSPS) is 21.7. The topological polar surface area (TPSA) is 55.8 Å². The van der Waals surface area contributed by atoms with Crippen LogP contribution in [0.15, 0.2) is 30.3 Å². The molecule has 0 aromatic heterocycles. The lowest BCUT2D eigenvalue weighted by molar-refractivity contribution is -0.161. The molecule has 1 aromatic rings. The summed E-state index contributed by atoms with van der Waals surface area (Å²) in [7, 11) is -2.01. The molecule has 1 fully saturated rings. The minimum atomic E-state index is -2.01. The summed E-state index contributed by atoms with van der Waals surface area (Å²) in [5.74, 6) is 0.309. The molecular formula is C30H51NO4Si. The Morgan fingerprint density at radius 2 is 1.61 bits per heavy atom. The van der Waals surface area contributed by atoms with Gasteiger partial charge in [0.15, 0.2) is 14.1 Å². The van der Waals surface area contributed by atoms with E-state index in [1.165, 1.54) is 0 Å². The molecule has 0 spiro atoms. The molecule has 0 unspecified atom stereocenters. The zero-order valence-corrected chi connectivity index (χ0v) is 25.5. The van der Waals surface area contributed by atoms with Crippen molar-refractivity contribution in [3.63, 3.8) is 0 Å². The van der Waals surface area contributed by atoms with Crippen molar-refractivity contribution in [2.75, 3.05) is 6.61 Å². The first-order chi connectivity index (χ1) is 16.6. The van der Waals surface area contributed by atoms with Gasteiger partial charge in [0.25, 0.3) is 0 Å². The van der Waals surface area contributed by atoms with E-state index in [9.17, 15) is 9.59 Å². The van der Waals surface area contributed by atoms with Crippen LogP contribution in [0, 0.1) is 11.8 Å². The number of likely N-dealkylation sites (tertiary alicyclic amines) is 1. The van der Waals surface area contributed by atoms with Crippen LogP contribution in [0.1, 0.15) is 86.6 Å². The van der Waals surface area contributed by atoms with Crippen LogP contribution in [0.3, 0.4) is 0 Å². The van der Waals surface area contributed by atoms with Crippen molar-refractivity contribution in [2.24, 2.45) is 11.8 Å². The summed E-state index contributed by atoms with van der Waals surface area (Å²) < 4.78 is 12.5. The van der Waals surface area contributed by atoms with Gasteiger partial charge in [-0.15, -0.1) is 0 Å². The second-order valence-electron chi connectivity index (χ2n) is 13.1. The monoisotopic (exact) mass is 517 g/mol. The fraction of sp³-hybridized carbons (Fsp3) is 0.733. The van der Waals surface area contributed by atoms with Crippen LogP contribution in [-0.4, -0.2) is 49.3 Å². The van der Waals surface area contributed by atoms with E-state index in [2.05, 4.69) is 64.7 Å². The molecule has 0 aliphatic carbocycles. The fourth-order valence-corrected chi connectivity index (χ4v) is 5.81. The lowest BCUT2D eigenvalue weighted by atomic mass is 9.89. The molecule has 204 valence electrons. The predicted octanol–water partition coefficient (Wildman–Crippen LogP) is 7.00. The first-order valence-electron chi connectivity index (χ1n) is 13.8. The van der Waals surface area contributed by atoms with Gasteiger partial charge in [-0.3, -0.25) is 14.5 Å². The zero-order chi connectivity index (χ0) is 27.3. The van der Waals surface area contributed by atoms with Crippen LogP contribution >= 0.6 is 0 Å². The Bertz CT molecular complexity index is 852. The number of nitrogens with zero attached hydrogens (tertiary/aromatic N) is 1. The molecule has 1 aromatic carbocycles. The van der Waals surface area contributed by atoms with E-state index >= 15 is 0 Å². The largest absolute Gasteiger partial charge is 0.459 e.